The van der Waals surface area contributed by atoms with Crippen molar-refractivity contribution in [3.8, 4) is 0 Å². The molecule has 0 radical (unpaired) electrons. The lowest BCUT2D eigenvalue weighted by Crippen LogP contribution is -2.32. The van der Waals surface area contributed by atoms with Gasteiger partial charge in [-0.1, -0.05) is 40.9 Å². The Morgan fingerprint density at radius 3 is 2.03 bits per heavy atom. The van der Waals surface area contributed by atoms with Gasteiger partial charge in [-0.2, -0.15) is 0 Å². The summed E-state index contributed by atoms with van der Waals surface area (Å²) in [7, 11) is 0. The molecule has 0 aliphatic carbocycles. The largest absolute Gasteiger partial charge is 0.350 e. The van der Waals surface area contributed by atoms with E-state index in [-0.39, 0.29) is 16.6 Å². The number of amides is 3. The number of anilines is 3. The molecule has 160 valence electrons. The monoisotopic (exact) mass is 485 g/mol. The lowest BCUT2D eigenvalue weighted by atomic mass is 10.1. The minimum atomic E-state index is -0.655. The molecule has 0 spiro atoms. The Bertz CT molecular complexity index is 1260. The van der Waals surface area contributed by atoms with E-state index in [2.05, 4.69) is 10.6 Å². The van der Waals surface area contributed by atoms with E-state index in [1.54, 1.807) is 72.8 Å². The summed E-state index contributed by atoms with van der Waals surface area (Å²) in [6, 6.07) is 19.4. The van der Waals surface area contributed by atoms with Crippen LogP contribution in [0, 0.1) is 0 Å². The van der Waals surface area contributed by atoms with Crippen LogP contribution < -0.4 is 15.5 Å². The normalized spacial score (nSPS) is 13.5. The van der Waals surface area contributed by atoms with Gasteiger partial charge in [-0.3, -0.25) is 14.4 Å². The van der Waals surface area contributed by atoms with Gasteiger partial charge in [0, 0.05) is 27.0 Å². The number of carbonyl (C=O) groups excluding carboxylic acids is 3. The molecule has 1 aliphatic rings. The summed E-state index contributed by atoms with van der Waals surface area (Å²) < 4.78 is 0. The second-order valence-corrected chi connectivity index (χ2v) is 8.03. The highest BCUT2D eigenvalue weighted by Crippen LogP contribution is 2.31. The Balaban J connectivity index is 1.53. The molecule has 4 rings (SSSR count). The molecule has 0 fully saturated rings. The van der Waals surface area contributed by atoms with Crippen molar-refractivity contribution in [1.82, 2.24) is 0 Å². The first-order valence-electron chi connectivity index (χ1n) is 9.31. The number of halogens is 3. The molecular formula is C23H14Cl3N3O3. The zero-order valence-corrected chi connectivity index (χ0v) is 18.5. The molecule has 2 N–H and O–H groups in total. The first-order chi connectivity index (χ1) is 15.3. The van der Waals surface area contributed by atoms with Gasteiger partial charge in [-0.25, -0.2) is 4.90 Å². The molecule has 32 heavy (non-hydrogen) atoms. The number of nitrogens with one attached hydrogen (secondary N) is 2. The van der Waals surface area contributed by atoms with Gasteiger partial charge in [0.05, 0.1) is 5.69 Å². The van der Waals surface area contributed by atoms with Crippen LogP contribution in [0.5, 0.6) is 0 Å². The second-order valence-electron chi connectivity index (χ2n) is 6.78. The van der Waals surface area contributed by atoms with Gasteiger partial charge in [-0.15, -0.1) is 0 Å². The fourth-order valence-corrected chi connectivity index (χ4v) is 3.52. The Labute approximate surface area is 198 Å². The maximum Gasteiger partial charge on any atom is 0.283 e. The van der Waals surface area contributed by atoms with Gasteiger partial charge in [-0.05, 0) is 66.7 Å². The highest BCUT2D eigenvalue weighted by molar-refractivity contribution is 6.53. The molecule has 9 heteroatoms. The van der Waals surface area contributed by atoms with Gasteiger partial charge in [0.15, 0.2) is 0 Å². The van der Waals surface area contributed by atoms with Gasteiger partial charge in [0.2, 0.25) is 0 Å². The van der Waals surface area contributed by atoms with Gasteiger partial charge >= 0.3 is 0 Å². The molecular weight excluding hydrogens is 473 g/mol. The third-order valence-electron chi connectivity index (χ3n) is 4.61. The maximum absolute atomic E-state index is 12.9. The lowest BCUT2D eigenvalue weighted by molar-refractivity contribution is -0.120. The van der Waals surface area contributed by atoms with E-state index in [1.807, 2.05) is 0 Å². The Kier molecular flexibility index (Phi) is 6.19. The minimum Gasteiger partial charge on any atom is -0.350 e. The fraction of sp³-hybridized carbons (Fsp3) is 0. The van der Waals surface area contributed by atoms with Crippen molar-refractivity contribution in [3.63, 3.8) is 0 Å². The van der Waals surface area contributed by atoms with Crippen LogP contribution in [0.2, 0.25) is 10.0 Å². The summed E-state index contributed by atoms with van der Waals surface area (Å²) in [6.45, 7) is 0. The number of hydrogen-bond donors (Lipinski definition) is 2. The predicted molar refractivity (Wildman–Crippen MR) is 126 cm³/mol. The third kappa shape index (κ3) is 4.48. The fourth-order valence-electron chi connectivity index (χ4n) is 3.06. The lowest BCUT2D eigenvalue weighted by Gasteiger charge is -2.15. The predicted octanol–water partition coefficient (Wildman–Crippen LogP) is 5.68. The molecule has 0 aromatic heterocycles. The standard InChI is InChI=1S/C23H14Cl3N3O3/c24-14-4-8-16(9-5-14)28-21(30)13-2-1-3-17(12-13)27-20-19(26)22(31)29(23(20)32)18-10-6-15(25)7-11-18/h1-12,27H,(H,28,30). The van der Waals surface area contributed by atoms with E-state index in [4.69, 9.17) is 34.8 Å². The SMILES string of the molecule is O=C(Nc1ccc(Cl)cc1)c1cccc(NC2=C(Cl)C(=O)N(c3ccc(Cl)cc3)C2=O)c1. The Hall–Kier alpha value is -3.32. The van der Waals surface area contributed by atoms with Crippen molar-refractivity contribution >= 4 is 69.6 Å². The van der Waals surface area contributed by atoms with Crippen molar-refractivity contribution in [2.75, 3.05) is 15.5 Å². The quantitative estimate of drug-likeness (QED) is 0.455. The summed E-state index contributed by atoms with van der Waals surface area (Å²) in [4.78, 5) is 39.0. The van der Waals surface area contributed by atoms with Crippen LogP contribution in [-0.2, 0) is 9.59 Å². The number of rotatable bonds is 5. The summed E-state index contributed by atoms with van der Waals surface area (Å²) in [5, 5.41) is 6.40. The first kappa shape index (κ1) is 21.9. The molecule has 3 aromatic rings. The van der Waals surface area contributed by atoms with Crippen LogP contribution in [0.25, 0.3) is 0 Å². The topological polar surface area (TPSA) is 78.5 Å². The van der Waals surface area contributed by atoms with E-state index in [9.17, 15) is 14.4 Å². The van der Waals surface area contributed by atoms with E-state index < -0.39 is 11.8 Å². The van der Waals surface area contributed by atoms with Crippen LogP contribution in [-0.4, -0.2) is 17.7 Å². The molecule has 0 saturated heterocycles. The summed E-state index contributed by atoms with van der Waals surface area (Å²) in [6.07, 6.45) is 0. The van der Waals surface area contributed by atoms with Gasteiger partial charge in [0.1, 0.15) is 10.7 Å². The van der Waals surface area contributed by atoms with E-state index in [0.717, 1.165) is 4.90 Å². The van der Waals surface area contributed by atoms with Crippen LogP contribution in [0.3, 0.4) is 0 Å². The van der Waals surface area contributed by atoms with Crippen molar-refractivity contribution in [2.45, 2.75) is 0 Å². The molecule has 6 nitrogen and oxygen atoms in total. The van der Waals surface area contributed by atoms with Crippen molar-refractivity contribution < 1.29 is 14.4 Å². The Morgan fingerprint density at radius 1 is 0.750 bits per heavy atom. The average Bonchev–Trinajstić information content (AvgIpc) is 2.99. The van der Waals surface area contributed by atoms with E-state index in [1.165, 1.54) is 0 Å². The molecule has 3 aromatic carbocycles. The van der Waals surface area contributed by atoms with Crippen LogP contribution >= 0.6 is 34.8 Å². The number of imide groups is 1. The first-order valence-corrected chi connectivity index (χ1v) is 10.4. The highest BCUT2D eigenvalue weighted by atomic mass is 35.5. The number of benzene rings is 3. The van der Waals surface area contributed by atoms with E-state index in [0.29, 0.717) is 32.7 Å². The highest BCUT2D eigenvalue weighted by Gasteiger charge is 2.38. The van der Waals surface area contributed by atoms with Gasteiger partial charge < -0.3 is 10.6 Å². The van der Waals surface area contributed by atoms with Crippen molar-refractivity contribution in [3.05, 3.63) is 99.1 Å². The molecule has 1 heterocycles. The molecule has 0 atom stereocenters. The van der Waals surface area contributed by atoms with Crippen molar-refractivity contribution in [2.24, 2.45) is 0 Å². The van der Waals surface area contributed by atoms with Crippen LogP contribution in [0.4, 0.5) is 17.1 Å². The number of hydrogen-bond acceptors (Lipinski definition) is 4. The maximum atomic E-state index is 12.9. The zero-order chi connectivity index (χ0) is 22.8. The van der Waals surface area contributed by atoms with Crippen LogP contribution in [0.15, 0.2) is 83.5 Å². The van der Waals surface area contributed by atoms with Gasteiger partial charge in [0.25, 0.3) is 17.7 Å². The second kappa shape index (κ2) is 9.04. The number of nitrogens with zero attached hydrogens (tertiary/aromatic N) is 1. The molecule has 1 aliphatic heterocycles. The van der Waals surface area contributed by atoms with Crippen LogP contribution in [0.1, 0.15) is 10.4 Å². The van der Waals surface area contributed by atoms with Crippen molar-refractivity contribution in [1.29, 1.82) is 0 Å². The summed E-state index contributed by atoms with van der Waals surface area (Å²) >= 11 is 17.9. The minimum absolute atomic E-state index is 0.0816. The van der Waals surface area contributed by atoms with E-state index >= 15 is 0 Å². The molecule has 0 bridgehead atoms. The number of carbonyl (C=O) groups is 3. The summed E-state index contributed by atoms with van der Waals surface area (Å²) in [5.41, 5.74) is 1.60. The smallest absolute Gasteiger partial charge is 0.283 e. The molecule has 3 amide bonds. The average molecular weight is 487 g/mol. The molecule has 0 unspecified atom stereocenters. The Morgan fingerprint density at radius 2 is 1.38 bits per heavy atom. The molecule has 0 saturated carbocycles. The third-order valence-corrected chi connectivity index (χ3v) is 5.46. The summed E-state index contributed by atoms with van der Waals surface area (Å²) in [5.74, 6) is -1.62. The zero-order valence-electron chi connectivity index (χ0n) is 16.2.